The summed E-state index contributed by atoms with van der Waals surface area (Å²) in [4.78, 5) is 21.4. The summed E-state index contributed by atoms with van der Waals surface area (Å²) < 4.78 is 2.29. The highest BCUT2D eigenvalue weighted by Gasteiger charge is 2.34. The van der Waals surface area contributed by atoms with E-state index < -0.39 is 0 Å². The molecular formula is C17H28N4O. The van der Waals surface area contributed by atoms with Crippen LogP contribution in [0.3, 0.4) is 0 Å². The zero-order valence-electron chi connectivity index (χ0n) is 13.9. The Kier molecular flexibility index (Phi) is 4.81. The number of nitrogens with zero attached hydrogens (tertiary/aromatic N) is 4. The normalized spacial score (nSPS) is 21.8. The van der Waals surface area contributed by atoms with Gasteiger partial charge in [-0.3, -0.25) is 4.79 Å². The largest absolute Gasteiger partial charge is 0.334 e. The molecule has 2 heterocycles. The molecule has 1 saturated carbocycles. The average Bonchev–Trinajstić information content (AvgIpc) is 2.94. The summed E-state index contributed by atoms with van der Waals surface area (Å²) in [6, 6.07) is 0.371. The van der Waals surface area contributed by atoms with Gasteiger partial charge < -0.3 is 14.4 Å². The number of amides is 1. The quantitative estimate of drug-likeness (QED) is 0.810. The molecule has 0 aromatic carbocycles. The van der Waals surface area contributed by atoms with Crippen molar-refractivity contribution in [1.82, 2.24) is 19.4 Å². The minimum absolute atomic E-state index is 0.290. The molecule has 122 valence electrons. The van der Waals surface area contributed by atoms with E-state index in [9.17, 15) is 4.79 Å². The predicted octanol–water partition coefficient (Wildman–Crippen LogP) is 2.30. The zero-order valence-corrected chi connectivity index (χ0v) is 13.9. The summed E-state index contributed by atoms with van der Waals surface area (Å²) in [5.74, 6) is 0.657. The van der Waals surface area contributed by atoms with E-state index in [1.165, 1.54) is 12.1 Å². The highest BCUT2D eigenvalue weighted by molar-refractivity contribution is 5.79. The smallest absolute Gasteiger partial charge is 0.226 e. The molecule has 3 rings (SSSR count). The van der Waals surface area contributed by atoms with Gasteiger partial charge in [0.2, 0.25) is 5.91 Å². The van der Waals surface area contributed by atoms with Crippen LogP contribution in [0, 0.1) is 5.92 Å². The summed E-state index contributed by atoms with van der Waals surface area (Å²) in [7, 11) is 0. The van der Waals surface area contributed by atoms with Crippen LogP contribution in [-0.2, 0) is 11.3 Å². The third-order valence-corrected chi connectivity index (χ3v) is 5.36. The zero-order chi connectivity index (χ0) is 15.5. The molecular weight excluding hydrogens is 276 g/mol. The van der Waals surface area contributed by atoms with Gasteiger partial charge in [0.05, 0.1) is 24.6 Å². The lowest BCUT2D eigenvalue weighted by Gasteiger charge is -2.38. The third-order valence-electron chi connectivity index (χ3n) is 5.36. The molecule has 1 aromatic heterocycles. The Morgan fingerprint density at radius 1 is 1.36 bits per heavy atom. The average molecular weight is 304 g/mol. The van der Waals surface area contributed by atoms with E-state index in [-0.39, 0.29) is 5.92 Å². The van der Waals surface area contributed by atoms with E-state index in [0.29, 0.717) is 11.9 Å². The number of fused-ring (bicyclic) bond motifs is 1. The first-order valence-electron chi connectivity index (χ1n) is 8.74. The van der Waals surface area contributed by atoms with Crippen LogP contribution >= 0.6 is 0 Å². The Morgan fingerprint density at radius 2 is 2.14 bits per heavy atom. The van der Waals surface area contributed by atoms with Crippen molar-refractivity contribution in [2.75, 3.05) is 26.2 Å². The van der Waals surface area contributed by atoms with Crippen LogP contribution < -0.4 is 0 Å². The molecule has 1 fully saturated rings. The van der Waals surface area contributed by atoms with E-state index in [1.807, 2.05) is 12.5 Å². The highest BCUT2D eigenvalue weighted by atomic mass is 16.2. The van der Waals surface area contributed by atoms with Gasteiger partial charge in [0, 0.05) is 25.2 Å². The van der Waals surface area contributed by atoms with Gasteiger partial charge in [-0.2, -0.15) is 0 Å². The van der Waals surface area contributed by atoms with Gasteiger partial charge >= 0.3 is 0 Å². The Bertz CT molecular complexity index is 505. The van der Waals surface area contributed by atoms with Crippen LogP contribution in [-0.4, -0.2) is 51.4 Å². The summed E-state index contributed by atoms with van der Waals surface area (Å²) in [6.07, 6.45) is 8.32. The summed E-state index contributed by atoms with van der Waals surface area (Å²) >= 11 is 0. The standard InChI is InChI=1S/C17H28N4O/c1-3-19(4-2)9-8-15-11-20(17(22)14-6-5-7-14)12-16-10-18-13-21(15)16/h10,13-15H,3-9,11-12H2,1-2H3/t15-/m0/s1. The van der Waals surface area contributed by atoms with E-state index in [1.54, 1.807) is 0 Å². The number of imidazole rings is 1. The summed E-state index contributed by atoms with van der Waals surface area (Å²) in [5, 5.41) is 0. The van der Waals surface area contributed by atoms with E-state index in [2.05, 4.69) is 33.2 Å². The Balaban J connectivity index is 1.67. The summed E-state index contributed by atoms with van der Waals surface area (Å²) in [6.45, 7) is 9.26. The molecule has 5 heteroatoms. The van der Waals surface area contributed by atoms with Gasteiger partial charge in [-0.05, 0) is 32.4 Å². The number of carbonyl (C=O) groups excluding carboxylic acids is 1. The minimum atomic E-state index is 0.290. The Hall–Kier alpha value is -1.36. The molecule has 1 atom stereocenters. The minimum Gasteiger partial charge on any atom is -0.334 e. The predicted molar refractivity (Wildman–Crippen MR) is 86.4 cm³/mol. The van der Waals surface area contributed by atoms with Crippen molar-refractivity contribution in [2.24, 2.45) is 5.92 Å². The molecule has 1 aromatic rings. The van der Waals surface area contributed by atoms with Crippen LogP contribution in [0.4, 0.5) is 0 Å². The van der Waals surface area contributed by atoms with E-state index in [0.717, 1.165) is 52.0 Å². The van der Waals surface area contributed by atoms with Crippen molar-refractivity contribution >= 4 is 5.91 Å². The van der Waals surface area contributed by atoms with E-state index in [4.69, 9.17) is 0 Å². The molecule has 1 amide bonds. The summed E-state index contributed by atoms with van der Waals surface area (Å²) in [5.41, 5.74) is 1.18. The SMILES string of the molecule is CCN(CC)CC[C@H]1CN(C(=O)C2CCC2)Cc2cncn21. The van der Waals surface area contributed by atoms with E-state index >= 15 is 0 Å². The van der Waals surface area contributed by atoms with Crippen LogP contribution in [0.15, 0.2) is 12.5 Å². The molecule has 22 heavy (non-hydrogen) atoms. The van der Waals surface area contributed by atoms with Crippen molar-refractivity contribution in [2.45, 2.75) is 52.1 Å². The van der Waals surface area contributed by atoms with Gasteiger partial charge in [0.25, 0.3) is 0 Å². The fourth-order valence-corrected chi connectivity index (χ4v) is 3.57. The molecule has 0 bridgehead atoms. The number of hydrogen-bond acceptors (Lipinski definition) is 3. The van der Waals surface area contributed by atoms with Gasteiger partial charge in [-0.1, -0.05) is 20.3 Å². The first-order valence-corrected chi connectivity index (χ1v) is 8.74. The maximum Gasteiger partial charge on any atom is 0.226 e. The fraction of sp³-hybridized carbons (Fsp3) is 0.765. The monoisotopic (exact) mass is 304 g/mol. The number of aromatic nitrogens is 2. The molecule has 0 unspecified atom stereocenters. The highest BCUT2D eigenvalue weighted by Crippen LogP contribution is 2.31. The lowest BCUT2D eigenvalue weighted by Crippen LogP contribution is -2.45. The molecule has 0 spiro atoms. The van der Waals surface area contributed by atoms with Crippen molar-refractivity contribution in [3.63, 3.8) is 0 Å². The molecule has 0 saturated heterocycles. The van der Waals surface area contributed by atoms with Crippen molar-refractivity contribution in [1.29, 1.82) is 0 Å². The van der Waals surface area contributed by atoms with Gasteiger partial charge in [0.15, 0.2) is 0 Å². The third kappa shape index (κ3) is 3.05. The van der Waals surface area contributed by atoms with Crippen LogP contribution in [0.5, 0.6) is 0 Å². The fourth-order valence-electron chi connectivity index (χ4n) is 3.57. The second-order valence-corrected chi connectivity index (χ2v) is 6.61. The number of carbonyl (C=O) groups is 1. The second kappa shape index (κ2) is 6.82. The van der Waals surface area contributed by atoms with Crippen LogP contribution in [0.1, 0.15) is 51.3 Å². The lowest BCUT2D eigenvalue weighted by atomic mass is 9.84. The molecule has 5 nitrogen and oxygen atoms in total. The molecule has 2 aliphatic rings. The molecule has 0 N–H and O–H groups in total. The van der Waals surface area contributed by atoms with Gasteiger partial charge in [-0.25, -0.2) is 4.98 Å². The van der Waals surface area contributed by atoms with Gasteiger partial charge in [-0.15, -0.1) is 0 Å². The van der Waals surface area contributed by atoms with Crippen LogP contribution in [0.25, 0.3) is 0 Å². The molecule has 0 radical (unpaired) electrons. The lowest BCUT2D eigenvalue weighted by molar-refractivity contribution is -0.140. The second-order valence-electron chi connectivity index (χ2n) is 6.61. The first-order chi connectivity index (χ1) is 10.7. The van der Waals surface area contributed by atoms with Crippen LogP contribution in [0.2, 0.25) is 0 Å². The Labute approximate surface area is 133 Å². The number of rotatable bonds is 6. The molecule has 1 aliphatic heterocycles. The number of hydrogen-bond donors (Lipinski definition) is 0. The maximum absolute atomic E-state index is 12.6. The maximum atomic E-state index is 12.6. The molecule has 1 aliphatic carbocycles. The first kappa shape index (κ1) is 15.5. The Morgan fingerprint density at radius 3 is 2.77 bits per heavy atom. The van der Waals surface area contributed by atoms with Crippen molar-refractivity contribution < 1.29 is 4.79 Å². The van der Waals surface area contributed by atoms with Crippen molar-refractivity contribution in [3.05, 3.63) is 18.2 Å². The topological polar surface area (TPSA) is 41.4 Å². The van der Waals surface area contributed by atoms with Gasteiger partial charge in [0.1, 0.15) is 0 Å². The van der Waals surface area contributed by atoms with Crippen molar-refractivity contribution in [3.8, 4) is 0 Å².